The van der Waals surface area contributed by atoms with E-state index >= 15 is 0 Å². The number of carbonyl (C=O) groups excluding carboxylic acids is 3. The van der Waals surface area contributed by atoms with Gasteiger partial charge in [0.05, 0.1) is 11.6 Å². The third-order valence-corrected chi connectivity index (χ3v) is 8.04. The monoisotopic (exact) mass is 611 g/mol. The topological polar surface area (TPSA) is 148 Å². The average molecular weight is 613 g/mol. The van der Waals surface area contributed by atoms with Gasteiger partial charge in [-0.25, -0.2) is 13.2 Å². The second-order valence-corrected chi connectivity index (χ2v) is 11.8. The number of amides is 4. The molecule has 1 aliphatic heterocycles. The lowest BCUT2D eigenvalue weighted by atomic mass is 10.1. The van der Waals surface area contributed by atoms with E-state index in [4.69, 9.17) is 23.2 Å². The van der Waals surface area contributed by atoms with Gasteiger partial charge in [-0.05, 0) is 36.2 Å². The first-order chi connectivity index (χ1) is 18.9. The SMILES string of the molecule is CC(C)/C=C(/NC(=O)Nc1ccccc1)C(=O)N1CCN(C(=O)[C@H](CO)NS(=O)(=O)c2ccc(Cl)cc2Cl)CC1. The van der Waals surface area contributed by atoms with Crippen LogP contribution in [0.15, 0.2) is 65.2 Å². The molecule has 4 amide bonds. The highest BCUT2D eigenvalue weighted by molar-refractivity contribution is 7.89. The summed E-state index contributed by atoms with van der Waals surface area (Å²) in [5.41, 5.74) is 0.667. The van der Waals surface area contributed by atoms with E-state index in [0.29, 0.717) is 5.69 Å². The largest absolute Gasteiger partial charge is 0.394 e. The van der Waals surface area contributed by atoms with Crippen molar-refractivity contribution in [1.29, 1.82) is 0 Å². The number of nitrogens with zero attached hydrogens (tertiary/aromatic N) is 2. The van der Waals surface area contributed by atoms with Crippen LogP contribution in [0.5, 0.6) is 0 Å². The van der Waals surface area contributed by atoms with Gasteiger partial charge in [-0.3, -0.25) is 9.59 Å². The smallest absolute Gasteiger partial charge is 0.323 e. The molecular formula is C26H31Cl2N5O6S. The summed E-state index contributed by atoms with van der Waals surface area (Å²) >= 11 is 11.8. The number of sulfonamides is 1. The van der Waals surface area contributed by atoms with Crippen molar-refractivity contribution in [2.45, 2.75) is 24.8 Å². The van der Waals surface area contributed by atoms with Crippen molar-refractivity contribution in [1.82, 2.24) is 19.8 Å². The number of carbonyl (C=O) groups is 3. The lowest BCUT2D eigenvalue weighted by Crippen LogP contribution is -2.57. The van der Waals surface area contributed by atoms with E-state index < -0.39 is 40.5 Å². The number of para-hydroxylation sites is 1. The van der Waals surface area contributed by atoms with Crippen LogP contribution in [-0.4, -0.2) is 80.0 Å². The Morgan fingerprint density at radius 2 is 1.62 bits per heavy atom. The maximum Gasteiger partial charge on any atom is 0.323 e. The highest BCUT2D eigenvalue weighted by Gasteiger charge is 2.33. The first kappa shape index (κ1) is 31.4. The zero-order valence-corrected chi connectivity index (χ0v) is 24.3. The molecule has 3 rings (SSSR count). The Morgan fingerprint density at radius 3 is 2.20 bits per heavy atom. The number of urea groups is 1. The molecule has 40 heavy (non-hydrogen) atoms. The molecule has 0 bridgehead atoms. The molecule has 2 aromatic rings. The van der Waals surface area contributed by atoms with Crippen molar-refractivity contribution < 1.29 is 27.9 Å². The number of nitrogens with one attached hydrogen (secondary N) is 3. The minimum Gasteiger partial charge on any atom is -0.394 e. The number of allylic oxidation sites excluding steroid dienone is 1. The van der Waals surface area contributed by atoms with Gasteiger partial charge in [0.2, 0.25) is 15.9 Å². The molecule has 4 N–H and O–H groups in total. The van der Waals surface area contributed by atoms with Crippen LogP contribution in [-0.2, 0) is 19.6 Å². The number of aliphatic hydroxyl groups is 1. The summed E-state index contributed by atoms with van der Waals surface area (Å²) in [6, 6.07) is 10.6. The summed E-state index contributed by atoms with van der Waals surface area (Å²) in [6.45, 7) is 3.41. The Morgan fingerprint density at radius 1 is 1.00 bits per heavy atom. The molecule has 14 heteroatoms. The Kier molecular flexibility index (Phi) is 10.9. The zero-order chi connectivity index (χ0) is 29.4. The number of hydrogen-bond donors (Lipinski definition) is 4. The number of rotatable bonds is 9. The van der Waals surface area contributed by atoms with E-state index in [1.54, 1.807) is 30.3 Å². The molecule has 0 radical (unpaired) electrons. The van der Waals surface area contributed by atoms with Gasteiger partial charge >= 0.3 is 6.03 Å². The highest BCUT2D eigenvalue weighted by atomic mass is 35.5. The molecule has 1 atom stereocenters. The molecule has 0 saturated carbocycles. The Balaban J connectivity index is 1.62. The average Bonchev–Trinajstić information content (AvgIpc) is 2.90. The molecule has 0 spiro atoms. The minimum absolute atomic E-state index is 0.0358. The van der Waals surface area contributed by atoms with Crippen molar-refractivity contribution in [3.63, 3.8) is 0 Å². The summed E-state index contributed by atoms with van der Waals surface area (Å²) < 4.78 is 27.8. The second-order valence-electron chi connectivity index (χ2n) is 9.32. The van der Waals surface area contributed by atoms with Gasteiger partial charge in [-0.1, -0.05) is 61.3 Å². The summed E-state index contributed by atoms with van der Waals surface area (Å²) in [4.78, 5) is 41.4. The van der Waals surface area contributed by atoms with Crippen molar-refractivity contribution in [2.75, 3.05) is 38.1 Å². The molecule has 11 nitrogen and oxygen atoms in total. The van der Waals surface area contributed by atoms with E-state index in [0.717, 1.165) is 0 Å². The summed E-state index contributed by atoms with van der Waals surface area (Å²) in [5.74, 6) is -1.10. The molecule has 0 unspecified atom stereocenters. The first-order valence-electron chi connectivity index (χ1n) is 12.4. The first-order valence-corrected chi connectivity index (χ1v) is 14.7. The summed E-state index contributed by atoms with van der Waals surface area (Å²) in [6.07, 6.45) is 1.64. The fourth-order valence-electron chi connectivity index (χ4n) is 3.94. The fraction of sp³-hybridized carbons (Fsp3) is 0.346. The van der Waals surface area contributed by atoms with Crippen molar-refractivity contribution in [3.05, 3.63) is 70.3 Å². The van der Waals surface area contributed by atoms with Gasteiger partial charge in [0.1, 0.15) is 16.6 Å². The Hall–Kier alpha value is -3.16. The highest BCUT2D eigenvalue weighted by Crippen LogP contribution is 2.25. The van der Waals surface area contributed by atoms with Gasteiger partial charge in [0, 0.05) is 36.9 Å². The van der Waals surface area contributed by atoms with Crippen LogP contribution in [0.25, 0.3) is 0 Å². The van der Waals surface area contributed by atoms with Gasteiger partial charge in [-0.2, -0.15) is 4.72 Å². The van der Waals surface area contributed by atoms with E-state index in [2.05, 4.69) is 15.4 Å². The van der Waals surface area contributed by atoms with Gasteiger partial charge in [-0.15, -0.1) is 0 Å². The molecule has 1 saturated heterocycles. The number of hydrogen-bond acceptors (Lipinski definition) is 6. The molecule has 1 aliphatic rings. The summed E-state index contributed by atoms with van der Waals surface area (Å²) in [7, 11) is -4.25. The van der Waals surface area contributed by atoms with E-state index in [9.17, 15) is 27.9 Å². The maximum absolute atomic E-state index is 13.2. The molecular weight excluding hydrogens is 581 g/mol. The minimum atomic E-state index is -4.25. The van der Waals surface area contributed by atoms with E-state index in [1.807, 2.05) is 19.9 Å². The summed E-state index contributed by atoms with van der Waals surface area (Å²) in [5, 5.41) is 15.2. The van der Waals surface area contributed by atoms with Crippen molar-refractivity contribution in [3.8, 4) is 0 Å². The molecule has 0 aliphatic carbocycles. The van der Waals surface area contributed by atoms with Gasteiger partial charge in [0.25, 0.3) is 5.91 Å². The third-order valence-electron chi connectivity index (χ3n) is 5.85. The molecule has 216 valence electrons. The molecule has 2 aromatic carbocycles. The standard InChI is InChI=1S/C26H31Cl2N5O6S/c1-17(2)14-21(30-26(37)29-19-6-4-3-5-7-19)24(35)32-10-12-33(13-11-32)25(36)22(16-34)31-40(38,39)23-9-8-18(27)15-20(23)28/h3-9,14-15,17,22,31,34H,10-13,16H2,1-2H3,(H2,29,30,37)/b21-14+/t22-/m0/s1. The van der Waals surface area contributed by atoms with Gasteiger partial charge in [0.15, 0.2) is 0 Å². The maximum atomic E-state index is 13.2. The van der Waals surface area contributed by atoms with E-state index in [-0.39, 0.29) is 52.7 Å². The van der Waals surface area contributed by atoms with Crippen LogP contribution < -0.4 is 15.4 Å². The van der Waals surface area contributed by atoms with Crippen LogP contribution in [0.1, 0.15) is 13.8 Å². The second kappa shape index (κ2) is 14.0. The van der Waals surface area contributed by atoms with E-state index in [1.165, 1.54) is 28.0 Å². The van der Waals surface area contributed by atoms with Crippen molar-refractivity contribution in [2.24, 2.45) is 5.92 Å². The van der Waals surface area contributed by atoms with Crippen LogP contribution >= 0.6 is 23.2 Å². The number of piperazine rings is 1. The Bertz CT molecular complexity index is 1360. The lowest BCUT2D eigenvalue weighted by molar-refractivity contribution is -0.139. The normalized spacial score (nSPS) is 15.1. The third kappa shape index (κ3) is 8.42. The predicted molar refractivity (Wildman–Crippen MR) is 152 cm³/mol. The van der Waals surface area contributed by atoms with Crippen LogP contribution in [0.2, 0.25) is 10.0 Å². The van der Waals surface area contributed by atoms with Crippen molar-refractivity contribution >= 4 is 56.8 Å². The number of benzene rings is 2. The quantitative estimate of drug-likeness (QED) is 0.320. The molecule has 1 heterocycles. The van der Waals surface area contributed by atoms with Crippen LogP contribution in [0, 0.1) is 5.92 Å². The lowest BCUT2D eigenvalue weighted by Gasteiger charge is -2.36. The van der Waals surface area contributed by atoms with Crippen LogP contribution in [0.4, 0.5) is 10.5 Å². The number of halogens is 2. The van der Waals surface area contributed by atoms with Crippen LogP contribution in [0.3, 0.4) is 0 Å². The Labute approximate surface area is 243 Å². The fourth-order valence-corrected chi connectivity index (χ4v) is 5.89. The number of anilines is 1. The van der Waals surface area contributed by atoms with Gasteiger partial charge < -0.3 is 25.5 Å². The predicted octanol–water partition coefficient (Wildman–Crippen LogP) is 2.67. The zero-order valence-electron chi connectivity index (χ0n) is 21.9. The number of aliphatic hydroxyl groups excluding tert-OH is 1. The molecule has 1 fully saturated rings. The molecule has 0 aromatic heterocycles.